The first-order valence-electron chi connectivity index (χ1n) is 7.74. The van der Waals surface area contributed by atoms with Gasteiger partial charge in [0.25, 0.3) is 0 Å². The fourth-order valence-corrected chi connectivity index (χ4v) is 5.83. The molecule has 0 bridgehead atoms. The summed E-state index contributed by atoms with van der Waals surface area (Å²) in [4.78, 5) is 34.4. The maximum Gasteiger partial charge on any atom is 0.0879 e. The van der Waals surface area contributed by atoms with Crippen molar-refractivity contribution < 1.29 is 28.5 Å². The lowest BCUT2D eigenvalue weighted by atomic mass is 10.1. The molecule has 0 spiro atoms. The Bertz CT molecular complexity index is 712. The van der Waals surface area contributed by atoms with E-state index in [9.17, 15) is 23.8 Å². The van der Waals surface area contributed by atoms with Crippen LogP contribution in [-0.4, -0.2) is 12.3 Å². The Balaban J connectivity index is 2.49. The van der Waals surface area contributed by atoms with E-state index < -0.39 is 27.2 Å². The first-order valence-corrected chi connectivity index (χ1v) is 12.3. The molecule has 0 saturated heterocycles. The van der Waals surface area contributed by atoms with Crippen LogP contribution in [0.5, 0.6) is 0 Å². The van der Waals surface area contributed by atoms with Crippen molar-refractivity contribution in [3.8, 4) is 0 Å². The molecular formula is C16H23O6P2S-3. The van der Waals surface area contributed by atoms with Crippen LogP contribution < -0.4 is 14.7 Å². The Morgan fingerprint density at radius 2 is 1.88 bits per heavy atom. The van der Waals surface area contributed by atoms with E-state index in [1.807, 2.05) is 12.1 Å². The van der Waals surface area contributed by atoms with Crippen molar-refractivity contribution in [1.82, 2.24) is 0 Å². The van der Waals surface area contributed by atoms with Gasteiger partial charge < -0.3 is 28.5 Å². The van der Waals surface area contributed by atoms with Gasteiger partial charge >= 0.3 is 0 Å². The molecule has 1 heterocycles. The highest BCUT2D eigenvalue weighted by molar-refractivity contribution is 7.70. The molecule has 0 saturated carbocycles. The smallest absolute Gasteiger partial charge is 0.0879 e. The summed E-state index contributed by atoms with van der Waals surface area (Å²) < 4.78 is 27.0. The van der Waals surface area contributed by atoms with Crippen molar-refractivity contribution >= 4 is 32.4 Å². The minimum Gasteiger partial charge on any atom is -0.810 e. The number of hydrogen-bond acceptors (Lipinski definition) is 7. The number of rotatable bonds is 10. The third kappa shape index (κ3) is 10.9. The van der Waals surface area contributed by atoms with Gasteiger partial charge in [-0.05, 0) is 51.8 Å². The van der Waals surface area contributed by atoms with Crippen molar-refractivity contribution in [3.63, 3.8) is 0 Å². The molecule has 0 fully saturated rings. The maximum absolute atomic E-state index is 11.5. The zero-order valence-corrected chi connectivity index (χ0v) is 17.2. The molecule has 0 aliphatic carbocycles. The van der Waals surface area contributed by atoms with Crippen LogP contribution in [0.2, 0.25) is 0 Å². The van der Waals surface area contributed by atoms with Crippen LogP contribution in [0.3, 0.4) is 0 Å². The van der Waals surface area contributed by atoms with Gasteiger partial charge in [0, 0.05) is 23.0 Å². The first-order chi connectivity index (χ1) is 11.5. The summed E-state index contributed by atoms with van der Waals surface area (Å²) >= 11 is 1.48. The van der Waals surface area contributed by atoms with E-state index in [4.69, 9.17) is 4.74 Å². The summed E-state index contributed by atoms with van der Waals surface area (Å²) in [6.07, 6.45) is 5.48. The maximum atomic E-state index is 11.5. The van der Waals surface area contributed by atoms with E-state index in [-0.39, 0.29) is 6.61 Å². The Morgan fingerprint density at radius 1 is 1.20 bits per heavy atom. The molecule has 0 radical (unpaired) electrons. The molecule has 1 unspecified atom stereocenters. The minimum absolute atomic E-state index is 0.0591. The van der Waals surface area contributed by atoms with Gasteiger partial charge in [-0.15, -0.1) is 11.3 Å². The van der Waals surface area contributed by atoms with Crippen LogP contribution in [-0.2, 0) is 20.5 Å². The van der Waals surface area contributed by atoms with Gasteiger partial charge in [-0.1, -0.05) is 24.8 Å². The fourth-order valence-electron chi connectivity index (χ4n) is 2.04. The van der Waals surface area contributed by atoms with Crippen molar-refractivity contribution in [3.05, 3.63) is 39.1 Å². The van der Waals surface area contributed by atoms with Gasteiger partial charge in [0.05, 0.1) is 13.0 Å². The third-order valence-electron chi connectivity index (χ3n) is 3.08. The Hall–Kier alpha value is -0.520. The highest BCUT2D eigenvalue weighted by Crippen LogP contribution is 2.47. The molecule has 1 aromatic rings. The van der Waals surface area contributed by atoms with E-state index in [1.165, 1.54) is 22.5 Å². The lowest BCUT2D eigenvalue weighted by Crippen LogP contribution is -2.21. The van der Waals surface area contributed by atoms with Crippen molar-refractivity contribution in [2.45, 2.75) is 40.2 Å². The zero-order valence-electron chi connectivity index (χ0n) is 14.6. The predicted molar refractivity (Wildman–Crippen MR) is 96.4 cm³/mol. The molecule has 0 amide bonds. The van der Waals surface area contributed by atoms with Crippen molar-refractivity contribution in [2.24, 2.45) is 0 Å². The van der Waals surface area contributed by atoms with Crippen LogP contribution in [0.15, 0.2) is 29.4 Å². The molecule has 0 aromatic carbocycles. The predicted octanol–water partition coefficient (Wildman–Crippen LogP) is 2.88. The molecule has 0 aliphatic heterocycles. The summed E-state index contributed by atoms with van der Waals surface area (Å²) in [6.45, 7) is 6.26. The zero-order chi connectivity index (χ0) is 19.1. The fraction of sp³-hybridized carbons (Fsp3) is 0.500. The topological polar surface area (TPSA) is 113 Å². The van der Waals surface area contributed by atoms with Crippen LogP contribution in [0.1, 0.15) is 43.4 Å². The summed E-state index contributed by atoms with van der Waals surface area (Å²) in [5.74, 6) is -1.39. The van der Waals surface area contributed by atoms with Gasteiger partial charge in [0.2, 0.25) is 0 Å². The Morgan fingerprint density at radius 3 is 2.48 bits per heavy atom. The van der Waals surface area contributed by atoms with Crippen LogP contribution in [0.4, 0.5) is 0 Å². The number of hydrogen-bond donors (Lipinski definition) is 0. The standard InChI is InChI=1S/C16H26O6P2S/c1-13(2)5-4-6-14(3)9-15-7-8-16(25-15)10-22-11-23(17,18)12-24(19,20)21/h5,7-9H,4,6,10-12H2,1-3H3,(H,17,18)(H2,19,20,21)/p-3/b14-9+. The van der Waals surface area contributed by atoms with Gasteiger partial charge in [-0.3, -0.25) is 0 Å². The monoisotopic (exact) mass is 405 g/mol. The third-order valence-corrected chi connectivity index (χ3v) is 7.77. The van der Waals surface area contributed by atoms with Crippen LogP contribution in [0, 0.1) is 0 Å². The number of allylic oxidation sites excluding steroid dienone is 3. The van der Waals surface area contributed by atoms with Crippen molar-refractivity contribution in [2.75, 3.05) is 12.3 Å². The van der Waals surface area contributed by atoms with E-state index >= 15 is 0 Å². The van der Waals surface area contributed by atoms with Crippen molar-refractivity contribution in [1.29, 1.82) is 0 Å². The van der Waals surface area contributed by atoms with E-state index in [2.05, 4.69) is 32.9 Å². The second-order valence-electron chi connectivity index (χ2n) is 6.16. The van der Waals surface area contributed by atoms with Crippen LogP contribution >= 0.6 is 26.3 Å². The van der Waals surface area contributed by atoms with E-state index in [0.29, 0.717) is 0 Å². The highest BCUT2D eigenvalue weighted by atomic mass is 32.1. The molecule has 6 nitrogen and oxygen atoms in total. The van der Waals surface area contributed by atoms with Crippen LogP contribution in [0.25, 0.3) is 6.08 Å². The lowest BCUT2D eigenvalue weighted by molar-refractivity contribution is -0.312. The van der Waals surface area contributed by atoms with Gasteiger partial charge in [0.1, 0.15) is 0 Å². The Kier molecular flexibility index (Phi) is 8.99. The molecule has 1 aromatic heterocycles. The quantitative estimate of drug-likeness (QED) is 0.437. The van der Waals surface area contributed by atoms with E-state index in [1.54, 1.807) is 0 Å². The highest BCUT2D eigenvalue weighted by Gasteiger charge is 2.11. The average molecular weight is 405 g/mol. The second-order valence-corrected chi connectivity index (χ2v) is 11.6. The number of ether oxygens (including phenoxy) is 1. The lowest BCUT2D eigenvalue weighted by Gasteiger charge is -2.36. The molecular weight excluding hydrogens is 382 g/mol. The molecule has 0 aliphatic rings. The van der Waals surface area contributed by atoms with E-state index in [0.717, 1.165) is 22.6 Å². The number of thiophene rings is 1. The summed E-state index contributed by atoms with van der Waals surface area (Å²) in [5, 5.41) is 0. The molecule has 1 atom stereocenters. The van der Waals surface area contributed by atoms with Gasteiger partial charge in [-0.2, -0.15) is 0 Å². The van der Waals surface area contributed by atoms with Gasteiger partial charge in [-0.25, -0.2) is 0 Å². The molecule has 9 heteroatoms. The first kappa shape index (κ1) is 22.5. The molecule has 1 rings (SSSR count). The minimum atomic E-state index is -5.09. The molecule has 142 valence electrons. The molecule has 0 N–H and O–H groups in total. The summed E-state index contributed by atoms with van der Waals surface area (Å²) in [5.41, 5.74) is 2.54. The van der Waals surface area contributed by atoms with Gasteiger partial charge in [0.15, 0.2) is 0 Å². The Labute approximate surface area is 152 Å². The normalized spacial score (nSPS) is 15.0. The summed E-state index contributed by atoms with van der Waals surface area (Å²) in [6, 6.07) is 3.76. The molecule has 25 heavy (non-hydrogen) atoms. The summed E-state index contributed by atoms with van der Waals surface area (Å²) in [7, 11) is -9.45. The SMILES string of the molecule is CC(C)=CCC/C(C)=C/c1ccc(COCP(=O)([O-])CP(=O)([O-])[O-])s1. The average Bonchev–Trinajstić information content (AvgIpc) is 2.82. The second kappa shape index (κ2) is 9.98. The largest absolute Gasteiger partial charge is 0.810 e.